The molecule has 0 radical (unpaired) electrons. The van der Waals surface area contributed by atoms with Crippen LogP contribution in [0.4, 0.5) is 0 Å². The molecular formula is C10H22O2. The van der Waals surface area contributed by atoms with Gasteiger partial charge >= 0.3 is 0 Å². The highest BCUT2D eigenvalue weighted by molar-refractivity contribution is 4.84. The van der Waals surface area contributed by atoms with Crippen molar-refractivity contribution in [1.29, 1.82) is 0 Å². The van der Waals surface area contributed by atoms with Crippen LogP contribution in [-0.4, -0.2) is 23.4 Å². The zero-order chi connectivity index (χ0) is 9.61. The number of hydrogen-bond donors (Lipinski definition) is 1. The molecule has 1 unspecified atom stereocenters. The van der Waals surface area contributed by atoms with Gasteiger partial charge in [0.25, 0.3) is 0 Å². The topological polar surface area (TPSA) is 29.5 Å². The Labute approximate surface area is 75.9 Å². The molecule has 0 heterocycles. The SMILES string of the molecule is CCOC(CC)C(O)(CC)CC. The van der Waals surface area contributed by atoms with Crippen molar-refractivity contribution in [3.63, 3.8) is 0 Å². The zero-order valence-corrected chi connectivity index (χ0v) is 8.76. The first-order chi connectivity index (χ1) is 5.64. The Hall–Kier alpha value is -0.0800. The Morgan fingerprint density at radius 2 is 1.67 bits per heavy atom. The summed E-state index contributed by atoms with van der Waals surface area (Å²) in [5.41, 5.74) is -0.620. The molecule has 74 valence electrons. The normalized spacial score (nSPS) is 14.8. The highest BCUT2D eigenvalue weighted by Crippen LogP contribution is 2.24. The predicted octanol–water partition coefficient (Wildman–Crippen LogP) is 2.35. The van der Waals surface area contributed by atoms with Crippen molar-refractivity contribution in [3.8, 4) is 0 Å². The monoisotopic (exact) mass is 174 g/mol. The summed E-state index contributed by atoms with van der Waals surface area (Å²) in [5.74, 6) is 0. The van der Waals surface area contributed by atoms with E-state index in [2.05, 4.69) is 6.92 Å². The van der Waals surface area contributed by atoms with E-state index in [1.54, 1.807) is 0 Å². The van der Waals surface area contributed by atoms with E-state index in [1.165, 1.54) is 0 Å². The van der Waals surface area contributed by atoms with Crippen molar-refractivity contribution >= 4 is 0 Å². The smallest absolute Gasteiger partial charge is 0.0902 e. The van der Waals surface area contributed by atoms with Gasteiger partial charge in [-0.1, -0.05) is 20.8 Å². The van der Waals surface area contributed by atoms with Crippen LogP contribution in [0.15, 0.2) is 0 Å². The minimum atomic E-state index is -0.620. The largest absolute Gasteiger partial charge is 0.387 e. The van der Waals surface area contributed by atoms with E-state index in [9.17, 15) is 5.11 Å². The maximum Gasteiger partial charge on any atom is 0.0902 e. The summed E-state index contributed by atoms with van der Waals surface area (Å²) in [7, 11) is 0. The van der Waals surface area contributed by atoms with Gasteiger partial charge in [-0.2, -0.15) is 0 Å². The lowest BCUT2D eigenvalue weighted by Gasteiger charge is -2.33. The van der Waals surface area contributed by atoms with Crippen molar-refractivity contribution in [3.05, 3.63) is 0 Å². The summed E-state index contributed by atoms with van der Waals surface area (Å²) in [4.78, 5) is 0. The fourth-order valence-electron chi connectivity index (χ4n) is 1.56. The molecule has 0 aliphatic carbocycles. The number of rotatable bonds is 6. The van der Waals surface area contributed by atoms with Gasteiger partial charge in [0, 0.05) is 6.61 Å². The average molecular weight is 174 g/mol. The molecule has 0 bridgehead atoms. The third-order valence-electron chi connectivity index (χ3n) is 2.56. The molecule has 0 saturated heterocycles. The molecule has 0 fully saturated rings. The number of hydrogen-bond acceptors (Lipinski definition) is 2. The van der Waals surface area contributed by atoms with Crippen molar-refractivity contribution in [2.75, 3.05) is 6.61 Å². The van der Waals surface area contributed by atoms with Gasteiger partial charge in [0.05, 0.1) is 11.7 Å². The van der Waals surface area contributed by atoms with E-state index < -0.39 is 5.60 Å². The van der Waals surface area contributed by atoms with Gasteiger partial charge in [-0.3, -0.25) is 0 Å². The lowest BCUT2D eigenvalue weighted by atomic mass is 9.89. The molecule has 0 saturated carbocycles. The van der Waals surface area contributed by atoms with Crippen LogP contribution in [0.1, 0.15) is 47.0 Å². The van der Waals surface area contributed by atoms with Crippen LogP contribution in [0.3, 0.4) is 0 Å². The van der Waals surface area contributed by atoms with Crippen LogP contribution in [0.25, 0.3) is 0 Å². The highest BCUT2D eigenvalue weighted by atomic mass is 16.5. The Morgan fingerprint density at radius 3 is 1.92 bits per heavy atom. The highest BCUT2D eigenvalue weighted by Gasteiger charge is 2.32. The summed E-state index contributed by atoms with van der Waals surface area (Å²) in [6.45, 7) is 8.71. The van der Waals surface area contributed by atoms with Crippen LogP contribution < -0.4 is 0 Å². The molecule has 1 atom stereocenters. The van der Waals surface area contributed by atoms with Crippen LogP contribution in [0.2, 0.25) is 0 Å². The molecule has 0 spiro atoms. The lowest BCUT2D eigenvalue weighted by molar-refractivity contribution is -0.111. The van der Waals surface area contributed by atoms with Crippen LogP contribution in [-0.2, 0) is 4.74 Å². The molecule has 2 nitrogen and oxygen atoms in total. The number of ether oxygens (including phenoxy) is 1. The molecule has 12 heavy (non-hydrogen) atoms. The van der Waals surface area contributed by atoms with E-state index >= 15 is 0 Å². The fourth-order valence-corrected chi connectivity index (χ4v) is 1.56. The first-order valence-electron chi connectivity index (χ1n) is 4.98. The van der Waals surface area contributed by atoms with E-state index in [-0.39, 0.29) is 6.10 Å². The Morgan fingerprint density at radius 1 is 1.17 bits per heavy atom. The average Bonchev–Trinajstić information content (AvgIpc) is 2.13. The quantitative estimate of drug-likeness (QED) is 0.669. The second-order valence-electron chi connectivity index (χ2n) is 3.16. The summed E-state index contributed by atoms with van der Waals surface area (Å²) in [6, 6.07) is 0. The first kappa shape index (κ1) is 11.9. The van der Waals surface area contributed by atoms with Crippen molar-refractivity contribution in [1.82, 2.24) is 0 Å². The maximum atomic E-state index is 10.1. The Kier molecular flexibility index (Phi) is 5.51. The van der Waals surface area contributed by atoms with E-state index in [0.29, 0.717) is 6.61 Å². The van der Waals surface area contributed by atoms with Gasteiger partial charge in [-0.15, -0.1) is 0 Å². The van der Waals surface area contributed by atoms with E-state index in [1.807, 2.05) is 20.8 Å². The molecule has 1 N–H and O–H groups in total. The second kappa shape index (κ2) is 5.55. The molecule has 0 aromatic heterocycles. The minimum absolute atomic E-state index is 0.00231. The number of aliphatic hydroxyl groups is 1. The maximum absolute atomic E-state index is 10.1. The van der Waals surface area contributed by atoms with Crippen molar-refractivity contribution in [2.24, 2.45) is 0 Å². The van der Waals surface area contributed by atoms with E-state index in [0.717, 1.165) is 19.3 Å². The molecule has 0 aromatic carbocycles. The molecule has 0 aliphatic heterocycles. The first-order valence-corrected chi connectivity index (χ1v) is 4.98. The fraction of sp³-hybridized carbons (Fsp3) is 1.00. The molecule has 0 aromatic rings. The van der Waals surface area contributed by atoms with Gasteiger partial charge in [0.15, 0.2) is 0 Å². The molecule has 2 heteroatoms. The van der Waals surface area contributed by atoms with E-state index in [4.69, 9.17) is 4.74 Å². The van der Waals surface area contributed by atoms with Crippen molar-refractivity contribution in [2.45, 2.75) is 58.7 Å². The van der Waals surface area contributed by atoms with Gasteiger partial charge in [-0.25, -0.2) is 0 Å². The van der Waals surface area contributed by atoms with Crippen LogP contribution in [0, 0.1) is 0 Å². The summed E-state index contributed by atoms with van der Waals surface area (Å²) in [6.07, 6.45) is 2.41. The van der Waals surface area contributed by atoms with Gasteiger partial charge in [0.1, 0.15) is 0 Å². The third-order valence-corrected chi connectivity index (χ3v) is 2.56. The Balaban J connectivity index is 4.21. The van der Waals surface area contributed by atoms with Crippen LogP contribution in [0.5, 0.6) is 0 Å². The van der Waals surface area contributed by atoms with Crippen molar-refractivity contribution < 1.29 is 9.84 Å². The zero-order valence-electron chi connectivity index (χ0n) is 8.76. The lowest BCUT2D eigenvalue weighted by Crippen LogP contribution is -2.42. The standard InChI is InChI=1S/C10H22O2/c1-5-9(12-8-4)10(11,6-2)7-3/h9,11H,5-8H2,1-4H3. The third kappa shape index (κ3) is 2.76. The predicted molar refractivity (Wildman–Crippen MR) is 51.2 cm³/mol. The molecular weight excluding hydrogens is 152 g/mol. The Bertz CT molecular complexity index is 108. The van der Waals surface area contributed by atoms with Gasteiger partial charge < -0.3 is 9.84 Å². The summed E-state index contributed by atoms with van der Waals surface area (Å²) in [5, 5.41) is 10.1. The molecule has 0 aliphatic rings. The van der Waals surface area contributed by atoms with Gasteiger partial charge in [-0.05, 0) is 26.2 Å². The van der Waals surface area contributed by atoms with Crippen LogP contribution >= 0.6 is 0 Å². The molecule has 0 rings (SSSR count). The summed E-state index contributed by atoms with van der Waals surface area (Å²) < 4.78 is 5.49. The summed E-state index contributed by atoms with van der Waals surface area (Å²) >= 11 is 0. The second-order valence-corrected chi connectivity index (χ2v) is 3.16. The van der Waals surface area contributed by atoms with Gasteiger partial charge in [0.2, 0.25) is 0 Å². The minimum Gasteiger partial charge on any atom is -0.387 e. The molecule has 0 amide bonds.